The Kier molecular flexibility index (Phi) is 13.9. The molecule has 0 saturated carbocycles. The van der Waals surface area contributed by atoms with Crippen LogP contribution in [-0.4, -0.2) is 235 Å². The third-order valence-corrected chi connectivity index (χ3v) is 23.5. The van der Waals surface area contributed by atoms with Gasteiger partial charge in [0.25, 0.3) is 0 Å². The zero-order valence-corrected chi connectivity index (χ0v) is 55.4. The minimum Gasteiger partial charge on any atom is -0.456 e. The van der Waals surface area contributed by atoms with Gasteiger partial charge in [-0.3, -0.25) is 0 Å². The number of benzene rings is 10. The molecule has 0 aliphatic heterocycles. The fourth-order valence-corrected chi connectivity index (χ4v) is 16.5. The first-order chi connectivity index (χ1) is 37.8. The maximum absolute atomic E-state index is 7.43. The molecule has 11 aromatic rings. The average molecular weight is 1000 g/mol. The van der Waals surface area contributed by atoms with Crippen LogP contribution in [-0.2, 0) is 0 Å². The average Bonchev–Trinajstić information content (AvgIpc) is 3.12. The van der Waals surface area contributed by atoms with Crippen molar-refractivity contribution >= 4 is 475 Å². The molecule has 0 N–H and O–H groups in total. The molecule has 31 heteroatoms. The van der Waals surface area contributed by atoms with Gasteiger partial charge >= 0.3 is 0 Å². The second-order valence-corrected chi connectivity index (χ2v) is 26.3. The Morgan fingerprint density at radius 1 is 0.111 bits per heavy atom. The standard InChI is InChI=1S/C50H60B30O/c51-19-12(29(61)30(62)14-13(19)32(64)44(76)45(77)33(14)65)10-9-8(27(59)42(74)43(75)28(9)60)5(21(53)22(10)54)1-3-6(25(57)40(72)38(70)23(3)55)2(7-4(1)24(56)39(71)41(73)26(7)58)11-20(52)17-18-36(68)31(63)15-16(37(69)47(79)46(78)34(15)66)49(18)81-50(17)48(80)35(11)67/h51-80H2. The molecule has 356 valence electrons. The van der Waals surface area contributed by atoms with Crippen LogP contribution < -0.4 is 164 Å². The highest BCUT2D eigenvalue weighted by molar-refractivity contribution is 6.78. The van der Waals surface area contributed by atoms with Gasteiger partial charge in [0.1, 0.15) is 247 Å². The highest BCUT2D eigenvalue weighted by Crippen LogP contribution is 2.42. The van der Waals surface area contributed by atoms with E-state index in [4.69, 9.17) is 4.42 Å². The van der Waals surface area contributed by atoms with Crippen molar-refractivity contribution in [3.63, 3.8) is 0 Å². The molecule has 0 atom stereocenters. The molecular weight excluding hydrogens is 941 g/mol. The normalized spacial score (nSPS) is 12.0. The van der Waals surface area contributed by atoms with Gasteiger partial charge in [0, 0.05) is 16.2 Å². The lowest BCUT2D eigenvalue weighted by molar-refractivity contribution is 0.676. The van der Waals surface area contributed by atoms with Crippen LogP contribution in [0.4, 0.5) is 0 Å². The molecular formula is C50H60B30O. The lowest BCUT2D eigenvalue weighted by Gasteiger charge is -2.33. The van der Waals surface area contributed by atoms with Crippen molar-refractivity contribution in [1.82, 2.24) is 0 Å². The van der Waals surface area contributed by atoms with Gasteiger partial charge < -0.3 is 4.42 Å². The van der Waals surface area contributed by atoms with Gasteiger partial charge in [-0.25, -0.2) is 0 Å². The quantitative estimate of drug-likeness (QED) is 0.127. The van der Waals surface area contributed by atoms with Crippen LogP contribution >= 0.6 is 0 Å². The van der Waals surface area contributed by atoms with E-state index < -0.39 is 0 Å². The topological polar surface area (TPSA) is 13.1 Å². The van der Waals surface area contributed by atoms with Crippen LogP contribution in [0.2, 0.25) is 0 Å². The van der Waals surface area contributed by atoms with E-state index in [0.29, 0.717) is 0 Å². The molecule has 0 aliphatic rings. The summed E-state index contributed by atoms with van der Waals surface area (Å²) in [6.45, 7) is 0. The van der Waals surface area contributed by atoms with Crippen LogP contribution in [0.3, 0.4) is 0 Å². The fourth-order valence-electron chi connectivity index (χ4n) is 16.5. The number of furan rings is 1. The van der Waals surface area contributed by atoms with Crippen LogP contribution in [0.25, 0.3) is 109 Å². The van der Waals surface area contributed by atoms with Crippen molar-refractivity contribution in [2.24, 2.45) is 0 Å². The van der Waals surface area contributed by atoms with Crippen molar-refractivity contribution < 1.29 is 4.42 Å². The first-order valence-corrected chi connectivity index (χ1v) is 30.2. The molecule has 0 fully saturated rings. The summed E-state index contributed by atoms with van der Waals surface area (Å²) in [6, 6.07) is 0. The maximum Gasteiger partial charge on any atom is 0.143 e. The van der Waals surface area contributed by atoms with Gasteiger partial charge in [0.2, 0.25) is 0 Å². The summed E-state index contributed by atoms with van der Waals surface area (Å²) in [7, 11) is 71.5. The van der Waals surface area contributed by atoms with Crippen molar-refractivity contribution in [3.8, 4) is 33.4 Å². The summed E-state index contributed by atoms with van der Waals surface area (Å²) in [6.07, 6.45) is 0. The number of fused-ring (bicyclic) bond motifs is 9. The van der Waals surface area contributed by atoms with Crippen molar-refractivity contribution in [3.05, 3.63) is 0 Å². The van der Waals surface area contributed by atoms with Crippen LogP contribution in [0.5, 0.6) is 0 Å². The minimum atomic E-state index is 1.02. The molecule has 0 amide bonds. The largest absolute Gasteiger partial charge is 0.456 e. The van der Waals surface area contributed by atoms with Gasteiger partial charge in [0.05, 0.1) is 0 Å². The van der Waals surface area contributed by atoms with Gasteiger partial charge in [-0.15, -0.1) is 54.6 Å². The van der Waals surface area contributed by atoms with Gasteiger partial charge in [-0.05, 0) is 81.9 Å². The summed E-state index contributed by atoms with van der Waals surface area (Å²) in [5.41, 5.74) is 51.5. The first kappa shape index (κ1) is 58.0. The molecule has 0 radical (unpaired) electrons. The fraction of sp³-hybridized carbons (Fsp3) is 0. The van der Waals surface area contributed by atoms with Gasteiger partial charge in [-0.1, -0.05) is 109 Å². The maximum atomic E-state index is 7.43. The summed E-state index contributed by atoms with van der Waals surface area (Å²) in [5, 5.41) is 16.4. The lowest BCUT2D eigenvalue weighted by atomic mass is 9.55. The van der Waals surface area contributed by atoms with Gasteiger partial charge in [0.15, 0.2) is 0 Å². The van der Waals surface area contributed by atoms with E-state index in [1.54, 1.807) is 0 Å². The molecule has 1 nitrogen and oxygen atoms in total. The van der Waals surface area contributed by atoms with E-state index in [0.717, 1.165) is 11.2 Å². The van der Waals surface area contributed by atoms with Crippen molar-refractivity contribution in [2.75, 3.05) is 0 Å². The van der Waals surface area contributed by atoms with E-state index in [-0.39, 0.29) is 0 Å². The van der Waals surface area contributed by atoms with E-state index in [1.807, 2.05) is 0 Å². The predicted molar refractivity (Wildman–Crippen MR) is 463 cm³/mol. The second kappa shape index (κ2) is 19.4. The Balaban J connectivity index is 1.42. The molecule has 10 aromatic carbocycles. The Labute approximate surface area is 509 Å². The Morgan fingerprint density at radius 2 is 0.284 bits per heavy atom. The number of rotatable bonds is 3. The molecule has 0 spiro atoms. The summed E-state index contributed by atoms with van der Waals surface area (Å²) < 4.78 is 7.43. The number of hydrogen-bond donors (Lipinski definition) is 0. The molecule has 0 saturated heterocycles. The number of hydrogen-bond acceptors (Lipinski definition) is 1. The lowest BCUT2D eigenvalue weighted by Crippen LogP contribution is -2.53. The Bertz CT molecular complexity index is 4850. The second-order valence-electron chi connectivity index (χ2n) is 26.3. The van der Waals surface area contributed by atoms with E-state index in [1.165, 1.54) is 262 Å². The third-order valence-electron chi connectivity index (χ3n) is 23.5. The minimum absolute atomic E-state index is 1.02. The zero-order valence-electron chi connectivity index (χ0n) is 55.4. The van der Waals surface area contributed by atoms with E-state index in [9.17, 15) is 0 Å². The van der Waals surface area contributed by atoms with Crippen LogP contribution in [0, 0.1) is 0 Å². The molecule has 1 aromatic heterocycles. The van der Waals surface area contributed by atoms with E-state index in [2.05, 4.69) is 235 Å². The molecule has 0 aliphatic carbocycles. The van der Waals surface area contributed by atoms with Crippen molar-refractivity contribution in [1.29, 1.82) is 0 Å². The molecule has 0 unspecified atom stereocenters. The third kappa shape index (κ3) is 7.30. The van der Waals surface area contributed by atoms with Gasteiger partial charge in [-0.2, -0.15) is 0 Å². The Morgan fingerprint density at radius 3 is 0.654 bits per heavy atom. The van der Waals surface area contributed by atoms with Crippen LogP contribution in [0.15, 0.2) is 4.42 Å². The smallest absolute Gasteiger partial charge is 0.143 e. The van der Waals surface area contributed by atoms with Crippen molar-refractivity contribution in [2.45, 2.75) is 0 Å². The highest BCUT2D eigenvalue weighted by atomic mass is 16.3. The highest BCUT2D eigenvalue weighted by Gasteiger charge is 2.33. The molecule has 0 bridgehead atoms. The monoisotopic (exact) mass is 1010 g/mol. The molecule has 11 rings (SSSR count). The predicted octanol–water partition coefficient (Wildman–Crippen LogP) is -37.9. The summed E-state index contributed by atoms with van der Waals surface area (Å²) in [5.74, 6) is 0. The first-order valence-electron chi connectivity index (χ1n) is 30.2. The summed E-state index contributed by atoms with van der Waals surface area (Å²) in [4.78, 5) is 0. The molecule has 1 heterocycles. The van der Waals surface area contributed by atoms with E-state index >= 15 is 0 Å². The van der Waals surface area contributed by atoms with Crippen LogP contribution in [0.1, 0.15) is 0 Å². The summed E-state index contributed by atoms with van der Waals surface area (Å²) >= 11 is 0. The molecule has 81 heavy (non-hydrogen) atoms. The SMILES string of the molecule is Bc1c(-c2c3c(B)c(B)c(B)c(B)c3c(-c3c(B)c(B)c(-c4c(B)c(B)c5c(B)c(B)c(B)c(B)c5c4B)c4c(B)c(B)c(B)c(B)c34)c3c(B)c(B)c(B)c(B)c23)c(B)c2c(oc3c4c(B)c(B)c(B)c(B)c4c(B)c(B)c32)c1B. The zero-order chi connectivity index (χ0) is 59.6. The Hall–Kier alpha value is -4.75.